The van der Waals surface area contributed by atoms with E-state index in [-0.39, 0.29) is 0 Å². The van der Waals surface area contributed by atoms with E-state index in [1.807, 2.05) is 26.0 Å². The first-order valence-corrected chi connectivity index (χ1v) is 9.18. The molecule has 0 atom stereocenters. The van der Waals surface area contributed by atoms with Crippen molar-refractivity contribution in [3.05, 3.63) is 27.7 Å². The summed E-state index contributed by atoms with van der Waals surface area (Å²) >= 11 is 3.44. The first-order chi connectivity index (χ1) is 9.40. The summed E-state index contributed by atoms with van der Waals surface area (Å²) < 4.78 is 30.1. The van der Waals surface area contributed by atoms with E-state index in [9.17, 15) is 8.42 Å². The molecule has 1 fully saturated rings. The van der Waals surface area contributed by atoms with Gasteiger partial charge in [-0.2, -0.15) is 12.7 Å². The van der Waals surface area contributed by atoms with Crippen molar-refractivity contribution in [1.82, 2.24) is 4.31 Å². The lowest BCUT2D eigenvalue weighted by Gasteiger charge is -2.22. The van der Waals surface area contributed by atoms with Crippen LogP contribution in [0.15, 0.2) is 16.6 Å². The molecule has 20 heavy (non-hydrogen) atoms. The lowest BCUT2D eigenvalue weighted by atomic mass is 10.1. The van der Waals surface area contributed by atoms with Gasteiger partial charge in [0.1, 0.15) is 0 Å². The summed E-state index contributed by atoms with van der Waals surface area (Å²) in [5.74, 6) is 0. The lowest BCUT2D eigenvalue weighted by molar-refractivity contribution is 0.427. The van der Waals surface area contributed by atoms with Gasteiger partial charge in [-0.05, 0) is 59.8 Å². The van der Waals surface area contributed by atoms with Gasteiger partial charge in [0.2, 0.25) is 0 Å². The second kappa shape index (κ2) is 6.45. The predicted octanol–water partition coefficient (Wildman–Crippen LogP) is 3.60. The van der Waals surface area contributed by atoms with Crippen LogP contribution in [0.3, 0.4) is 0 Å². The Morgan fingerprint density at radius 1 is 1.10 bits per heavy atom. The third kappa shape index (κ3) is 3.74. The van der Waals surface area contributed by atoms with Gasteiger partial charge in [0.15, 0.2) is 0 Å². The van der Waals surface area contributed by atoms with Crippen LogP contribution in [0.1, 0.15) is 36.8 Å². The Morgan fingerprint density at radius 2 is 1.70 bits per heavy atom. The van der Waals surface area contributed by atoms with Gasteiger partial charge < -0.3 is 0 Å². The summed E-state index contributed by atoms with van der Waals surface area (Å²) in [6.07, 6.45) is 4.10. The summed E-state index contributed by atoms with van der Waals surface area (Å²) in [5, 5.41) is 0. The molecule has 2 rings (SSSR count). The van der Waals surface area contributed by atoms with Crippen molar-refractivity contribution in [2.24, 2.45) is 0 Å². The summed E-state index contributed by atoms with van der Waals surface area (Å²) in [6.45, 7) is 5.12. The second-order valence-corrected chi connectivity index (χ2v) is 7.88. The molecule has 1 aliphatic rings. The minimum atomic E-state index is -3.46. The van der Waals surface area contributed by atoms with Crippen LogP contribution < -0.4 is 4.72 Å². The van der Waals surface area contributed by atoms with E-state index < -0.39 is 10.2 Å². The highest BCUT2D eigenvalue weighted by atomic mass is 79.9. The molecule has 1 heterocycles. The molecule has 1 aromatic rings. The molecule has 0 spiro atoms. The molecule has 4 nitrogen and oxygen atoms in total. The standard InChI is InChI=1S/C14H21BrN2O2S/c1-11-9-12(2)14(13(15)10-11)16-20(18,19)17-7-5-3-4-6-8-17/h9-10,16H,3-8H2,1-2H3. The Morgan fingerprint density at radius 3 is 2.25 bits per heavy atom. The zero-order valence-corrected chi connectivity index (χ0v) is 14.3. The summed E-state index contributed by atoms with van der Waals surface area (Å²) in [7, 11) is -3.46. The van der Waals surface area contributed by atoms with Gasteiger partial charge in [0.25, 0.3) is 0 Å². The van der Waals surface area contributed by atoms with Crippen LogP contribution in [0.25, 0.3) is 0 Å². The average Bonchev–Trinajstić information content (AvgIpc) is 2.63. The Labute approximate surface area is 129 Å². The fraction of sp³-hybridized carbons (Fsp3) is 0.571. The molecule has 0 aliphatic carbocycles. The van der Waals surface area contributed by atoms with Gasteiger partial charge >= 0.3 is 10.2 Å². The van der Waals surface area contributed by atoms with Crippen LogP contribution in [0, 0.1) is 13.8 Å². The van der Waals surface area contributed by atoms with Gasteiger partial charge in [-0.15, -0.1) is 0 Å². The fourth-order valence-corrected chi connectivity index (χ4v) is 4.82. The summed E-state index contributed by atoms with van der Waals surface area (Å²) in [6, 6.07) is 3.90. The van der Waals surface area contributed by atoms with Crippen LogP contribution in [-0.4, -0.2) is 25.8 Å². The molecule has 112 valence electrons. The molecule has 1 aromatic carbocycles. The third-order valence-electron chi connectivity index (χ3n) is 3.57. The van der Waals surface area contributed by atoms with Crippen molar-refractivity contribution < 1.29 is 8.42 Å². The largest absolute Gasteiger partial charge is 0.301 e. The summed E-state index contributed by atoms with van der Waals surface area (Å²) in [4.78, 5) is 0. The molecule has 1 aliphatic heterocycles. The smallest absolute Gasteiger partial charge is 0.269 e. The average molecular weight is 361 g/mol. The minimum Gasteiger partial charge on any atom is -0.269 e. The van der Waals surface area contributed by atoms with Crippen molar-refractivity contribution in [3.63, 3.8) is 0 Å². The van der Waals surface area contributed by atoms with Gasteiger partial charge in [-0.25, -0.2) is 0 Å². The summed E-state index contributed by atoms with van der Waals surface area (Å²) in [5.41, 5.74) is 2.67. The van der Waals surface area contributed by atoms with E-state index in [0.717, 1.165) is 41.3 Å². The van der Waals surface area contributed by atoms with Crippen LogP contribution >= 0.6 is 15.9 Å². The van der Waals surface area contributed by atoms with Crippen LogP contribution in [0.2, 0.25) is 0 Å². The minimum absolute atomic E-state index is 0.609. The number of hydrogen-bond donors (Lipinski definition) is 1. The quantitative estimate of drug-likeness (QED) is 0.894. The van der Waals surface area contributed by atoms with Crippen LogP contribution in [0.5, 0.6) is 0 Å². The molecule has 1 N–H and O–H groups in total. The van der Waals surface area contributed by atoms with E-state index in [1.54, 1.807) is 4.31 Å². The van der Waals surface area contributed by atoms with Gasteiger partial charge in [0, 0.05) is 17.6 Å². The van der Waals surface area contributed by atoms with Crippen molar-refractivity contribution in [2.75, 3.05) is 17.8 Å². The van der Waals surface area contributed by atoms with E-state index in [1.165, 1.54) is 0 Å². The highest BCUT2D eigenvalue weighted by Crippen LogP contribution is 2.29. The number of rotatable bonds is 3. The van der Waals surface area contributed by atoms with Crippen molar-refractivity contribution in [1.29, 1.82) is 0 Å². The molecule has 0 amide bonds. The Bertz CT molecular complexity index is 556. The maximum Gasteiger partial charge on any atom is 0.301 e. The predicted molar refractivity (Wildman–Crippen MR) is 86.2 cm³/mol. The van der Waals surface area contributed by atoms with E-state index in [2.05, 4.69) is 20.7 Å². The molecule has 1 saturated heterocycles. The van der Waals surface area contributed by atoms with Gasteiger partial charge in [-0.3, -0.25) is 4.72 Å². The fourth-order valence-electron chi connectivity index (χ4n) is 2.52. The molecule has 0 saturated carbocycles. The Kier molecular flexibility index (Phi) is 5.09. The number of anilines is 1. The topological polar surface area (TPSA) is 49.4 Å². The van der Waals surface area contributed by atoms with Crippen LogP contribution in [-0.2, 0) is 10.2 Å². The molecular weight excluding hydrogens is 340 g/mol. The highest BCUT2D eigenvalue weighted by Gasteiger charge is 2.24. The monoisotopic (exact) mass is 360 g/mol. The number of halogens is 1. The van der Waals surface area contributed by atoms with E-state index >= 15 is 0 Å². The Hall–Kier alpha value is -0.590. The SMILES string of the molecule is Cc1cc(C)c(NS(=O)(=O)N2CCCCCC2)c(Br)c1. The molecular formula is C14H21BrN2O2S. The van der Waals surface area contributed by atoms with Crippen molar-refractivity contribution in [2.45, 2.75) is 39.5 Å². The first kappa shape index (κ1) is 15.8. The second-order valence-electron chi connectivity index (χ2n) is 5.36. The normalized spacial score (nSPS) is 17.8. The number of benzene rings is 1. The van der Waals surface area contributed by atoms with E-state index in [4.69, 9.17) is 0 Å². The zero-order valence-electron chi connectivity index (χ0n) is 11.9. The maximum absolute atomic E-state index is 12.5. The number of hydrogen-bond acceptors (Lipinski definition) is 2. The third-order valence-corrected chi connectivity index (χ3v) is 5.70. The maximum atomic E-state index is 12.5. The van der Waals surface area contributed by atoms with Gasteiger partial charge in [-0.1, -0.05) is 18.9 Å². The van der Waals surface area contributed by atoms with E-state index in [0.29, 0.717) is 18.8 Å². The molecule has 0 radical (unpaired) electrons. The van der Waals surface area contributed by atoms with Crippen molar-refractivity contribution >= 4 is 31.8 Å². The zero-order chi connectivity index (χ0) is 14.8. The highest BCUT2D eigenvalue weighted by molar-refractivity contribution is 9.10. The van der Waals surface area contributed by atoms with Crippen molar-refractivity contribution in [3.8, 4) is 0 Å². The Balaban J connectivity index is 2.23. The lowest BCUT2D eigenvalue weighted by Crippen LogP contribution is -2.36. The molecule has 0 unspecified atom stereocenters. The number of aryl methyl sites for hydroxylation is 2. The molecule has 0 aromatic heterocycles. The van der Waals surface area contributed by atoms with Crippen LogP contribution in [0.4, 0.5) is 5.69 Å². The molecule has 6 heteroatoms. The van der Waals surface area contributed by atoms with Gasteiger partial charge in [0.05, 0.1) is 5.69 Å². The molecule has 0 bridgehead atoms. The number of nitrogens with zero attached hydrogens (tertiary/aromatic N) is 1. The first-order valence-electron chi connectivity index (χ1n) is 6.95. The number of nitrogens with one attached hydrogen (secondary N) is 1.